The Balaban J connectivity index is 2.50. The van der Waals surface area contributed by atoms with Crippen LogP contribution in [0.15, 0.2) is 24.3 Å². The Morgan fingerprint density at radius 3 is 2.37 bits per heavy atom. The van der Waals surface area contributed by atoms with Gasteiger partial charge in [-0.05, 0) is 39.8 Å². The first-order valence-corrected chi connectivity index (χ1v) is 6.46. The lowest BCUT2D eigenvalue weighted by atomic mass is 9.95. The van der Waals surface area contributed by atoms with Gasteiger partial charge < -0.3 is 10.2 Å². The molecule has 4 nitrogen and oxygen atoms in total. The number of nitrogens with one attached hydrogen (secondary N) is 1. The van der Waals surface area contributed by atoms with Gasteiger partial charge in [0.05, 0.1) is 11.4 Å². The molecule has 102 valence electrons. The molecule has 0 spiro atoms. The van der Waals surface area contributed by atoms with E-state index in [4.69, 9.17) is 0 Å². The summed E-state index contributed by atoms with van der Waals surface area (Å²) in [6.07, 6.45) is 0. The summed E-state index contributed by atoms with van der Waals surface area (Å²) >= 11 is 0. The average molecular weight is 260 g/mol. The number of carbonyl (C=O) groups is 2. The molecule has 1 aliphatic heterocycles. The van der Waals surface area contributed by atoms with Gasteiger partial charge in [0.25, 0.3) is 0 Å². The lowest BCUT2D eigenvalue weighted by molar-refractivity contribution is -0.126. The monoisotopic (exact) mass is 260 g/mol. The van der Waals surface area contributed by atoms with Gasteiger partial charge in [0.1, 0.15) is 6.04 Å². The van der Waals surface area contributed by atoms with Crippen molar-refractivity contribution in [3.63, 3.8) is 0 Å². The van der Waals surface area contributed by atoms with Crippen LogP contribution in [0, 0.1) is 0 Å². The molecule has 0 fully saturated rings. The third-order valence-corrected chi connectivity index (χ3v) is 3.33. The molecule has 0 saturated carbocycles. The molecule has 1 aromatic rings. The fourth-order valence-electron chi connectivity index (χ4n) is 2.70. The van der Waals surface area contributed by atoms with Crippen molar-refractivity contribution in [2.45, 2.75) is 39.3 Å². The zero-order valence-electron chi connectivity index (χ0n) is 11.9. The molecule has 0 radical (unpaired) electrons. The number of hydrogen-bond donors (Lipinski definition) is 1. The third-order valence-electron chi connectivity index (χ3n) is 3.33. The van der Waals surface area contributed by atoms with Crippen molar-refractivity contribution < 1.29 is 9.59 Å². The van der Waals surface area contributed by atoms with Crippen molar-refractivity contribution in [3.05, 3.63) is 24.3 Å². The molecule has 1 aromatic carbocycles. The fourth-order valence-corrected chi connectivity index (χ4v) is 2.70. The number of anilines is 2. The van der Waals surface area contributed by atoms with Crippen LogP contribution in [0.4, 0.5) is 11.4 Å². The number of carbonyl (C=O) groups excluding carboxylic acids is 2. The summed E-state index contributed by atoms with van der Waals surface area (Å²) in [6.45, 7) is 7.70. The Labute approximate surface area is 113 Å². The molecule has 0 aromatic heterocycles. The molecule has 0 atom stereocenters. The van der Waals surface area contributed by atoms with Crippen molar-refractivity contribution in [1.82, 2.24) is 0 Å². The summed E-state index contributed by atoms with van der Waals surface area (Å²) in [5.41, 5.74) is 1.70. The van der Waals surface area contributed by atoms with Gasteiger partial charge in [-0.1, -0.05) is 12.1 Å². The van der Waals surface area contributed by atoms with E-state index in [0.29, 0.717) is 6.54 Å². The molecule has 2 rings (SSSR count). The number of benzene rings is 1. The van der Waals surface area contributed by atoms with Crippen LogP contribution < -0.4 is 10.2 Å². The lowest BCUT2D eigenvalue weighted by Gasteiger charge is -2.44. The van der Waals surface area contributed by atoms with Crippen LogP contribution in [0.2, 0.25) is 0 Å². The van der Waals surface area contributed by atoms with Crippen LogP contribution in [0.5, 0.6) is 0 Å². The quantitative estimate of drug-likeness (QED) is 0.847. The fraction of sp³-hybridized carbons (Fsp3) is 0.467. The highest BCUT2D eigenvalue weighted by atomic mass is 16.2. The van der Waals surface area contributed by atoms with Gasteiger partial charge in [0.15, 0.2) is 11.6 Å². The van der Waals surface area contributed by atoms with Crippen molar-refractivity contribution in [2.75, 3.05) is 16.8 Å². The Hall–Kier alpha value is -1.84. The maximum Gasteiger partial charge on any atom is 0.159 e. The van der Waals surface area contributed by atoms with Crippen molar-refractivity contribution in [3.8, 4) is 0 Å². The summed E-state index contributed by atoms with van der Waals surface area (Å²) < 4.78 is 0. The highest BCUT2D eigenvalue weighted by molar-refractivity contribution is 6.08. The Bertz CT molecular complexity index is 509. The van der Waals surface area contributed by atoms with E-state index < -0.39 is 6.04 Å². The zero-order chi connectivity index (χ0) is 14.2. The largest absolute Gasteiger partial charge is 0.377 e. The van der Waals surface area contributed by atoms with E-state index in [0.717, 1.165) is 11.4 Å². The number of rotatable bonds is 3. The van der Waals surface area contributed by atoms with Gasteiger partial charge in [-0.3, -0.25) is 9.59 Å². The van der Waals surface area contributed by atoms with E-state index >= 15 is 0 Å². The predicted molar refractivity (Wildman–Crippen MR) is 76.6 cm³/mol. The highest BCUT2D eigenvalue weighted by Crippen LogP contribution is 2.35. The Morgan fingerprint density at radius 2 is 1.79 bits per heavy atom. The molecule has 19 heavy (non-hydrogen) atoms. The van der Waals surface area contributed by atoms with E-state index in [1.807, 2.05) is 29.2 Å². The molecule has 0 bridgehead atoms. The topological polar surface area (TPSA) is 49.4 Å². The van der Waals surface area contributed by atoms with E-state index in [1.165, 1.54) is 13.8 Å². The van der Waals surface area contributed by atoms with Crippen molar-refractivity contribution in [2.24, 2.45) is 0 Å². The number of hydrogen-bond acceptors (Lipinski definition) is 4. The second-order valence-electron chi connectivity index (χ2n) is 5.78. The van der Waals surface area contributed by atoms with Crippen LogP contribution in [-0.4, -0.2) is 29.7 Å². The molecule has 4 heteroatoms. The van der Waals surface area contributed by atoms with Crippen LogP contribution in [-0.2, 0) is 9.59 Å². The number of fused-ring (bicyclic) bond motifs is 1. The summed E-state index contributed by atoms with van der Waals surface area (Å²) in [6, 6.07) is 7.09. The first-order chi connectivity index (χ1) is 8.82. The van der Waals surface area contributed by atoms with Gasteiger partial charge in [-0.2, -0.15) is 0 Å². The Kier molecular flexibility index (Phi) is 3.35. The number of nitrogens with zero attached hydrogens (tertiary/aromatic N) is 1. The van der Waals surface area contributed by atoms with Gasteiger partial charge in [0.2, 0.25) is 0 Å². The molecular formula is C15H20N2O2. The van der Waals surface area contributed by atoms with Crippen molar-refractivity contribution in [1.29, 1.82) is 0 Å². The van der Waals surface area contributed by atoms with E-state index in [-0.39, 0.29) is 17.1 Å². The first kappa shape index (κ1) is 13.6. The molecule has 1 aliphatic rings. The standard InChI is InChI=1S/C15H20N2O2/c1-10(18)14(11(2)19)17-9-15(3,4)16-12-7-5-6-8-13(12)17/h5-8,14,16H,9H2,1-4H3. The van der Waals surface area contributed by atoms with E-state index in [1.54, 1.807) is 0 Å². The number of para-hydroxylation sites is 2. The minimum atomic E-state index is -0.692. The molecule has 0 saturated heterocycles. The third kappa shape index (κ3) is 2.62. The summed E-state index contributed by atoms with van der Waals surface area (Å²) in [4.78, 5) is 25.6. The molecule has 0 aliphatic carbocycles. The molecule has 1 N–H and O–H groups in total. The van der Waals surface area contributed by atoms with Crippen LogP contribution in [0.3, 0.4) is 0 Å². The normalized spacial score (nSPS) is 16.8. The smallest absolute Gasteiger partial charge is 0.159 e. The summed E-state index contributed by atoms with van der Waals surface area (Å²) in [7, 11) is 0. The zero-order valence-corrected chi connectivity index (χ0v) is 11.9. The SMILES string of the molecule is CC(=O)C(C(C)=O)N1CC(C)(C)Nc2ccccc21. The van der Waals surface area contributed by atoms with E-state index in [9.17, 15) is 9.59 Å². The number of Topliss-reactive ketones (excluding diaryl/α,β-unsaturated/α-hetero) is 2. The van der Waals surface area contributed by atoms with Gasteiger partial charge in [0, 0.05) is 12.1 Å². The summed E-state index contributed by atoms with van der Waals surface area (Å²) in [5.74, 6) is -0.222. The predicted octanol–water partition coefficient (Wildman–Crippen LogP) is 2.24. The van der Waals surface area contributed by atoms with Crippen LogP contribution in [0.1, 0.15) is 27.7 Å². The maximum absolute atomic E-state index is 11.8. The second-order valence-corrected chi connectivity index (χ2v) is 5.78. The maximum atomic E-state index is 11.8. The first-order valence-electron chi connectivity index (χ1n) is 6.46. The van der Waals surface area contributed by atoms with Crippen LogP contribution in [0.25, 0.3) is 0 Å². The molecule has 0 unspecified atom stereocenters. The second kappa shape index (κ2) is 4.68. The highest BCUT2D eigenvalue weighted by Gasteiger charge is 2.36. The van der Waals surface area contributed by atoms with Crippen LogP contribution >= 0.6 is 0 Å². The van der Waals surface area contributed by atoms with Crippen molar-refractivity contribution >= 4 is 22.9 Å². The van der Waals surface area contributed by atoms with Gasteiger partial charge in [-0.15, -0.1) is 0 Å². The minimum absolute atomic E-state index is 0.111. The minimum Gasteiger partial charge on any atom is -0.377 e. The molecule has 0 amide bonds. The van der Waals surface area contributed by atoms with E-state index in [2.05, 4.69) is 19.2 Å². The molecular weight excluding hydrogens is 240 g/mol. The lowest BCUT2D eigenvalue weighted by Crippen LogP contribution is -2.56. The molecule has 1 heterocycles. The summed E-state index contributed by atoms with van der Waals surface area (Å²) in [5, 5.41) is 3.43. The number of ketones is 2. The Morgan fingerprint density at radius 1 is 1.21 bits per heavy atom. The van der Waals surface area contributed by atoms with Gasteiger partial charge >= 0.3 is 0 Å². The average Bonchev–Trinajstić information content (AvgIpc) is 2.26. The van der Waals surface area contributed by atoms with Gasteiger partial charge in [-0.25, -0.2) is 0 Å².